The number of allylic oxidation sites excluding steroid dienone is 1. The smallest absolute Gasteiger partial charge is 0.144 e. The van der Waals surface area contributed by atoms with E-state index in [9.17, 15) is 13.6 Å². The van der Waals surface area contributed by atoms with E-state index in [2.05, 4.69) is 0 Å². The largest absolute Gasteiger partial charge is 0.324 e. The van der Waals surface area contributed by atoms with Crippen molar-refractivity contribution in [1.29, 1.82) is 0 Å². The summed E-state index contributed by atoms with van der Waals surface area (Å²) in [5.74, 6) is -1.60. The molecule has 0 spiro atoms. The van der Waals surface area contributed by atoms with Crippen molar-refractivity contribution in [1.82, 2.24) is 0 Å². The van der Waals surface area contributed by atoms with E-state index >= 15 is 0 Å². The number of nitrogens with two attached hydrogens (primary N) is 1. The Morgan fingerprint density at radius 3 is 2.41 bits per heavy atom. The second kappa shape index (κ2) is 4.75. The lowest BCUT2D eigenvalue weighted by Gasteiger charge is -2.08. The van der Waals surface area contributed by atoms with Gasteiger partial charge in [-0.15, -0.1) is 0 Å². The van der Waals surface area contributed by atoms with E-state index in [1.807, 2.05) is 0 Å². The molecule has 90 valence electrons. The monoisotopic (exact) mass is 237 g/mol. The van der Waals surface area contributed by atoms with Crippen LogP contribution in [0.2, 0.25) is 0 Å². The van der Waals surface area contributed by atoms with Crippen LogP contribution in [-0.4, -0.2) is 11.8 Å². The number of carbonyl (C=O) groups is 1. The molecule has 0 bridgehead atoms. The Labute approximate surface area is 98.1 Å². The van der Waals surface area contributed by atoms with Crippen LogP contribution in [0.4, 0.5) is 8.78 Å². The molecule has 1 aromatic carbocycles. The van der Waals surface area contributed by atoms with Crippen molar-refractivity contribution in [3.63, 3.8) is 0 Å². The Morgan fingerprint density at radius 2 is 1.88 bits per heavy atom. The molecule has 0 aliphatic heterocycles. The molecular formula is C13H13F2NO. The normalized spacial score (nSPS) is 23.0. The number of halogens is 2. The number of carbonyl (C=O) groups excluding carboxylic acids is 1. The Balaban J connectivity index is 2.05. The first kappa shape index (κ1) is 11.9. The number of benzene rings is 1. The average Bonchev–Trinajstić information content (AvgIpc) is 2.63. The van der Waals surface area contributed by atoms with E-state index in [4.69, 9.17) is 5.73 Å². The quantitative estimate of drug-likeness (QED) is 0.817. The molecule has 0 aromatic heterocycles. The highest BCUT2D eigenvalue weighted by Gasteiger charge is 2.22. The van der Waals surface area contributed by atoms with Gasteiger partial charge >= 0.3 is 0 Å². The molecule has 0 radical (unpaired) electrons. The van der Waals surface area contributed by atoms with Crippen molar-refractivity contribution < 1.29 is 13.6 Å². The maximum absolute atomic E-state index is 12.9. The van der Waals surface area contributed by atoms with Crippen molar-refractivity contribution in [3.05, 3.63) is 47.5 Å². The molecule has 2 N–H and O–H groups in total. The fourth-order valence-electron chi connectivity index (χ4n) is 2.01. The Hall–Kier alpha value is -1.55. The van der Waals surface area contributed by atoms with Crippen molar-refractivity contribution in [3.8, 4) is 0 Å². The number of ketones is 1. The molecule has 17 heavy (non-hydrogen) atoms. The molecule has 2 nitrogen and oxygen atoms in total. The summed E-state index contributed by atoms with van der Waals surface area (Å²) in [6.45, 7) is 0. The summed E-state index contributed by atoms with van der Waals surface area (Å²) in [4.78, 5) is 11.8. The summed E-state index contributed by atoms with van der Waals surface area (Å²) in [5.41, 5.74) is 6.01. The van der Waals surface area contributed by atoms with E-state index < -0.39 is 11.6 Å². The van der Waals surface area contributed by atoms with Crippen LogP contribution in [0.1, 0.15) is 12.0 Å². The molecule has 0 heterocycles. The zero-order valence-electron chi connectivity index (χ0n) is 9.20. The summed E-state index contributed by atoms with van der Waals surface area (Å²) < 4.78 is 25.9. The number of hydrogen-bond acceptors (Lipinski definition) is 2. The molecule has 1 aliphatic rings. The summed E-state index contributed by atoms with van der Waals surface area (Å²) in [6.07, 6.45) is 4.17. The van der Waals surface area contributed by atoms with Crippen LogP contribution in [-0.2, 0) is 11.2 Å². The van der Waals surface area contributed by atoms with Crippen molar-refractivity contribution in [2.45, 2.75) is 18.9 Å². The SMILES string of the molecule is NC1C=CC(C(=O)Cc2cc(F)cc(F)c2)C1. The predicted octanol–water partition coefficient (Wildman–Crippen LogP) is 1.98. The van der Waals surface area contributed by atoms with Crippen LogP contribution in [0.15, 0.2) is 30.4 Å². The molecule has 1 aromatic rings. The van der Waals surface area contributed by atoms with Gasteiger partial charge < -0.3 is 5.73 Å². The van der Waals surface area contributed by atoms with Gasteiger partial charge in [0.2, 0.25) is 0 Å². The van der Waals surface area contributed by atoms with Crippen LogP contribution < -0.4 is 5.73 Å². The van der Waals surface area contributed by atoms with Gasteiger partial charge in [0.05, 0.1) is 0 Å². The lowest BCUT2D eigenvalue weighted by Crippen LogP contribution is -2.20. The number of rotatable bonds is 3. The molecule has 0 fully saturated rings. The van der Waals surface area contributed by atoms with Gasteiger partial charge in [-0.2, -0.15) is 0 Å². The summed E-state index contributed by atoms with van der Waals surface area (Å²) >= 11 is 0. The van der Waals surface area contributed by atoms with E-state index in [1.54, 1.807) is 12.2 Å². The first-order valence-corrected chi connectivity index (χ1v) is 5.46. The predicted molar refractivity (Wildman–Crippen MR) is 60.3 cm³/mol. The third kappa shape index (κ3) is 2.97. The Morgan fingerprint density at radius 1 is 1.24 bits per heavy atom. The van der Waals surface area contributed by atoms with Gasteiger partial charge in [0, 0.05) is 24.4 Å². The van der Waals surface area contributed by atoms with Gasteiger partial charge in [0.1, 0.15) is 17.4 Å². The molecule has 4 heteroatoms. The Bertz CT molecular complexity index is 450. The molecule has 1 aliphatic carbocycles. The lowest BCUT2D eigenvalue weighted by molar-refractivity contribution is -0.120. The Kier molecular flexibility index (Phi) is 3.33. The lowest BCUT2D eigenvalue weighted by atomic mass is 9.97. The zero-order valence-corrected chi connectivity index (χ0v) is 9.20. The first-order valence-electron chi connectivity index (χ1n) is 5.46. The van der Waals surface area contributed by atoms with Crippen molar-refractivity contribution >= 4 is 5.78 Å². The van der Waals surface area contributed by atoms with Gasteiger partial charge in [0.15, 0.2) is 0 Å². The van der Waals surface area contributed by atoms with E-state index in [-0.39, 0.29) is 24.2 Å². The third-order valence-corrected chi connectivity index (χ3v) is 2.83. The summed E-state index contributed by atoms with van der Waals surface area (Å²) in [7, 11) is 0. The molecule has 2 unspecified atom stereocenters. The first-order chi connectivity index (χ1) is 8.04. The zero-order chi connectivity index (χ0) is 12.4. The second-order valence-corrected chi connectivity index (χ2v) is 4.31. The minimum Gasteiger partial charge on any atom is -0.324 e. The van der Waals surface area contributed by atoms with E-state index in [0.29, 0.717) is 12.0 Å². The van der Waals surface area contributed by atoms with Gasteiger partial charge in [-0.05, 0) is 24.1 Å². The topological polar surface area (TPSA) is 43.1 Å². The summed E-state index contributed by atoms with van der Waals surface area (Å²) in [5, 5.41) is 0. The second-order valence-electron chi connectivity index (χ2n) is 4.31. The molecule has 2 atom stereocenters. The minimum absolute atomic E-state index is 0.0381. The fourth-order valence-corrected chi connectivity index (χ4v) is 2.01. The maximum Gasteiger partial charge on any atom is 0.144 e. The molecule has 0 amide bonds. The summed E-state index contributed by atoms with van der Waals surface area (Å²) in [6, 6.07) is 3.06. The fraction of sp³-hybridized carbons (Fsp3) is 0.308. The maximum atomic E-state index is 12.9. The van der Waals surface area contributed by atoms with Crippen LogP contribution in [0, 0.1) is 17.6 Å². The molecular weight excluding hydrogens is 224 g/mol. The molecule has 2 rings (SSSR count). The van der Waals surface area contributed by atoms with E-state index in [0.717, 1.165) is 6.07 Å². The van der Waals surface area contributed by atoms with Gasteiger partial charge in [-0.1, -0.05) is 12.2 Å². The van der Waals surface area contributed by atoms with Gasteiger partial charge in [-0.25, -0.2) is 8.78 Å². The highest BCUT2D eigenvalue weighted by molar-refractivity contribution is 5.85. The van der Waals surface area contributed by atoms with E-state index in [1.165, 1.54) is 12.1 Å². The standard InChI is InChI=1S/C13H13F2NO/c14-10-3-8(4-11(15)7-10)5-13(17)9-1-2-12(16)6-9/h1-4,7,9,12H,5-6,16H2. The third-order valence-electron chi connectivity index (χ3n) is 2.83. The number of hydrogen-bond donors (Lipinski definition) is 1. The highest BCUT2D eigenvalue weighted by atomic mass is 19.1. The van der Waals surface area contributed by atoms with Crippen LogP contribution in [0.25, 0.3) is 0 Å². The van der Waals surface area contributed by atoms with Crippen LogP contribution in [0.5, 0.6) is 0 Å². The van der Waals surface area contributed by atoms with Gasteiger partial charge in [-0.3, -0.25) is 4.79 Å². The van der Waals surface area contributed by atoms with Crippen LogP contribution >= 0.6 is 0 Å². The molecule has 0 saturated heterocycles. The average molecular weight is 237 g/mol. The molecule has 0 saturated carbocycles. The minimum atomic E-state index is -0.661. The highest BCUT2D eigenvalue weighted by Crippen LogP contribution is 2.20. The van der Waals surface area contributed by atoms with Crippen molar-refractivity contribution in [2.24, 2.45) is 11.7 Å². The van der Waals surface area contributed by atoms with Crippen molar-refractivity contribution in [2.75, 3.05) is 0 Å². The van der Waals surface area contributed by atoms with Crippen LogP contribution in [0.3, 0.4) is 0 Å². The number of Topliss-reactive ketones (excluding diaryl/α,β-unsaturated/α-hetero) is 1. The van der Waals surface area contributed by atoms with Gasteiger partial charge in [0.25, 0.3) is 0 Å².